The number of nitrogens with one attached hydrogen (secondary N) is 1. The van der Waals surface area contributed by atoms with Crippen molar-refractivity contribution in [2.75, 3.05) is 18.1 Å². The Bertz CT molecular complexity index is 190. The van der Waals surface area contributed by atoms with E-state index in [1.165, 1.54) is 32.1 Å². The second-order valence-corrected chi connectivity index (χ2v) is 6.44. The Morgan fingerprint density at radius 2 is 2.00 bits per heavy atom. The van der Waals surface area contributed by atoms with E-state index < -0.39 is 10.8 Å². The molecule has 1 N–H and O–H groups in total. The van der Waals surface area contributed by atoms with E-state index in [0.717, 1.165) is 24.0 Å². The monoisotopic (exact) mass is 231 g/mol. The van der Waals surface area contributed by atoms with Crippen LogP contribution in [0.15, 0.2) is 0 Å². The van der Waals surface area contributed by atoms with E-state index in [0.29, 0.717) is 6.04 Å². The van der Waals surface area contributed by atoms with Crippen LogP contribution in [0.2, 0.25) is 0 Å². The first-order valence-corrected chi connectivity index (χ1v) is 7.81. The summed E-state index contributed by atoms with van der Waals surface area (Å²) >= 11 is 0. The SMILES string of the molecule is CCS(=O)CCNC(C)C1CCCCC1. The minimum absolute atomic E-state index is 0.610. The lowest BCUT2D eigenvalue weighted by atomic mass is 9.84. The minimum atomic E-state index is -0.611. The first-order valence-electron chi connectivity index (χ1n) is 6.32. The molecule has 0 saturated heterocycles. The third-order valence-corrected chi connectivity index (χ3v) is 4.78. The average molecular weight is 231 g/mol. The molecule has 1 fully saturated rings. The zero-order chi connectivity index (χ0) is 11.1. The van der Waals surface area contributed by atoms with Crippen molar-refractivity contribution in [2.24, 2.45) is 5.92 Å². The fourth-order valence-electron chi connectivity index (χ4n) is 2.35. The van der Waals surface area contributed by atoms with Gasteiger partial charge in [0.05, 0.1) is 0 Å². The van der Waals surface area contributed by atoms with Crippen molar-refractivity contribution in [1.82, 2.24) is 5.32 Å². The molecule has 0 aromatic carbocycles. The third kappa shape index (κ3) is 5.12. The fraction of sp³-hybridized carbons (Fsp3) is 1.00. The third-order valence-electron chi connectivity index (χ3n) is 3.47. The maximum absolute atomic E-state index is 11.2. The maximum Gasteiger partial charge on any atom is 0.0360 e. The van der Waals surface area contributed by atoms with Crippen LogP contribution in [-0.4, -0.2) is 28.3 Å². The van der Waals surface area contributed by atoms with Crippen molar-refractivity contribution in [3.63, 3.8) is 0 Å². The standard InChI is InChI=1S/C12H25NOS/c1-3-15(14)10-9-13-11(2)12-7-5-4-6-8-12/h11-13H,3-10H2,1-2H3. The van der Waals surface area contributed by atoms with Crippen LogP contribution in [-0.2, 0) is 10.8 Å². The highest BCUT2D eigenvalue weighted by atomic mass is 32.2. The molecule has 1 rings (SSSR count). The van der Waals surface area contributed by atoms with Gasteiger partial charge in [-0.25, -0.2) is 0 Å². The van der Waals surface area contributed by atoms with Gasteiger partial charge in [-0.15, -0.1) is 0 Å². The summed E-state index contributed by atoms with van der Waals surface area (Å²) < 4.78 is 11.2. The summed E-state index contributed by atoms with van der Waals surface area (Å²) in [7, 11) is -0.611. The van der Waals surface area contributed by atoms with Crippen LogP contribution in [0.25, 0.3) is 0 Å². The smallest absolute Gasteiger partial charge is 0.0360 e. The van der Waals surface area contributed by atoms with E-state index in [-0.39, 0.29) is 0 Å². The number of hydrogen-bond donors (Lipinski definition) is 1. The Kier molecular flexibility index (Phi) is 6.50. The molecule has 0 aromatic heterocycles. The van der Waals surface area contributed by atoms with Gasteiger partial charge >= 0.3 is 0 Å². The van der Waals surface area contributed by atoms with Gasteiger partial charge in [-0.2, -0.15) is 0 Å². The first-order chi connectivity index (χ1) is 7.24. The van der Waals surface area contributed by atoms with E-state index in [2.05, 4.69) is 12.2 Å². The largest absolute Gasteiger partial charge is 0.313 e. The Hall–Kier alpha value is 0.110. The van der Waals surface area contributed by atoms with Crippen LogP contribution in [0, 0.1) is 5.92 Å². The summed E-state index contributed by atoms with van der Waals surface area (Å²) in [5, 5.41) is 3.52. The van der Waals surface area contributed by atoms with Crippen LogP contribution in [0.3, 0.4) is 0 Å². The fourth-order valence-corrected chi connectivity index (χ4v) is 2.98. The summed E-state index contributed by atoms with van der Waals surface area (Å²) in [4.78, 5) is 0. The Morgan fingerprint density at radius 1 is 1.33 bits per heavy atom. The molecule has 0 aromatic rings. The van der Waals surface area contributed by atoms with Gasteiger partial charge in [-0.3, -0.25) is 4.21 Å². The highest BCUT2D eigenvalue weighted by molar-refractivity contribution is 7.84. The predicted molar refractivity (Wildman–Crippen MR) is 67.6 cm³/mol. The molecular weight excluding hydrogens is 206 g/mol. The molecule has 0 radical (unpaired) electrons. The molecule has 0 spiro atoms. The molecular formula is C12H25NOS. The predicted octanol–water partition coefficient (Wildman–Crippen LogP) is 2.31. The van der Waals surface area contributed by atoms with Crippen LogP contribution >= 0.6 is 0 Å². The second kappa shape index (κ2) is 7.39. The second-order valence-electron chi connectivity index (χ2n) is 4.57. The highest BCUT2D eigenvalue weighted by Crippen LogP contribution is 2.26. The van der Waals surface area contributed by atoms with Crippen molar-refractivity contribution >= 4 is 10.8 Å². The van der Waals surface area contributed by atoms with Crippen molar-refractivity contribution in [3.8, 4) is 0 Å². The first kappa shape index (κ1) is 13.2. The molecule has 0 amide bonds. The van der Waals surface area contributed by atoms with Crippen molar-refractivity contribution < 1.29 is 4.21 Å². The molecule has 1 saturated carbocycles. The molecule has 0 bridgehead atoms. The van der Waals surface area contributed by atoms with Gasteiger partial charge in [0.2, 0.25) is 0 Å². The number of rotatable bonds is 6. The maximum atomic E-state index is 11.2. The van der Waals surface area contributed by atoms with Crippen molar-refractivity contribution in [1.29, 1.82) is 0 Å². The van der Waals surface area contributed by atoms with Crippen LogP contribution in [0.5, 0.6) is 0 Å². The molecule has 1 aliphatic rings. The van der Waals surface area contributed by atoms with Gasteiger partial charge in [-0.1, -0.05) is 26.2 Å². The van der Waals surface area contributed by atoms with Gasteiger partial charge in [0, 0.05) is 34.9 Å². The summed E-state index contributed by atoms with van der Waals surface area (Å²) in [6, 6.07) is 0.610. The quantitative estimate of drug-likeness (QED) is 0.760. The molecule has 90 valence electrons. The minimum Gasteiger partial charge on any atom is -0.313 e. The lowest BCUT2D eigenvalue weighted by Gasteiger charge is -2.28. The van der Waals surface area contributed by atoms with E-state index in [4.69, 9.17) is 0 Å². The van der Waals surface area contributed by atoms with Crippen molar-refractivity contribution in [2.45, 2.75) is 52.0 Å². The highest BCUT2D eigenvalue weighted by Gasteiger charge is 2.19. The zero-order valence-electron chi connectivity index (χ0n) is 10.1. The van der Waals surface area contributed by atoms with Crippen molar-refractivity contribution in [3.05, 3.63) is 0 Å². The Labute approximate surface area is 96.7 Å². The molecule has 1 aliphatic carbocycles. The van der Waals surface area contributed by atoms with Crippen LogP contribution < -0.4 is 5.32 Å². The Morgan fingerprint density at radius 3 is 2.60 bits per heavy atom. The molecule has 3 heteroatoms. The van der Waals surface area contributed by atoms with Gasteiger partial charge in [0.15, 0.2) is 0 Å². The van der Waals surface area contributed by atoms with E-state index in [1.54, 1.807) is 0 Å². The number of hydrogen-bond acceptors (Lipinski definition) is 2. The molecule has 2 nitrogen and oxygen atoms in total. The average Bonchev–Trinajstić information content (AvgIpc) is 2.29. The molecule has 2 atom stereocenters. The van der Waals surface area contributed by atoms with Crippen LogP contribution in [0.4, 0.5) is 0 Å². The summed E-state index contributed by atoms with van der Waals surface area (Å²) in [5.74, 6) is 2.46. The topological polar surface area (TPSA) is 29.1 Å². The van der Waals surface area contributed by atoms with E-state index in [9.17, 15) is 4.21 Å². The normalized spacial score (nSPS) is 22.5. The molecule has 2 unspecified atom stereocenters. The summed E-state index contributed by atoms with van der Waals surface area (Å²) in [6.07, 6.45) is 6.98. The van der Waals surface area contributed by atoms with Gasteiger partial charge in [0.1, 0.15) is 0 Å². The van der Waals surface area contributed by atoms with Crippen LogP contribution in [0.1, 0.15) is 46.0 Å². The summed E-state index contributed by atoms with van der Waals surface area (Å²) in [6.45, 7) is 5.18. The zero-order valence-corrected chi connectivity index (χ0v) is 10.9. The summed E-state index contributed by atoms with van der Waals surface area (Å²) in [5.41, 5.74) is 0. The lowest BCUT2D eigenvalue weighted by molar-refractivity contribution is 0.285. The molecule has 0 heterocycles. The lowest BCUT2D eigenvalue weighted by Crippen LogP contribution is -2.36. The Balaban J connectivity index is 2.11. The van der Waals surface area contributed by atoms with E-state index >= 15 is 0 Å². The molecule has 0 aliphatic heterocycles. The van der Waals surface area contributed by atoms with Gasteiger partial charge in [0.25, 0.3) is 0 Å². The van der Waals surface area contributed by atoms with E-state index in [1.807, 2.05) is 6.92 Å². The van der Waals surface area contributed by atoms with Gasteiger partial charge < -0.3 is 5.32 Å². The molecule has 15 heavy (non-hydrogen) atoms. The van der Waals surface area contributed by atoms with Gasteiger partial charge in [-0.05, 0) is 25.7 Å².